The van der Waals surface area contributed by atoms with Crippen molar-refractivity contribution in [3.63, 3.8) is 0 Å². The van der Waals surface area contributed by atoms with Crippen LogP contribution in [0.25, 0.3) is 16.7 Å². The highest BCUT2D eigenvalue weighted by molar-refractivity contribution is 6.33. The first-order valence-electron chi connectivity index (χ1n) is 14.7. The molecule has 0 spiro atoms. The van der Waals surface area contributed by atoms with E-state index in [9.17, 15) is 9.59 Å². The molecule has 0 saturated carbocycles. The molecule has 0 bridgehead atoms. The molecule has 1 aromatic carbocycles. The molecule has 2 aliphatic rings. The quantitative estimate of drug-likeness (QED) is 0.374. The topological polar surface area (TPSA) is 83.8 Å². The summed E-state index contributed by atoms with van der Waals surface area (Å²) in [5.74, 6) is 1.44. The standard InChI is InChI=1S/C31H41ClN6O3/c1-20(2)22-12-8-9-13-25(22)38-27-23(18-24(32)28(33-27)35-14-10-7-11-15-35)26(34-29(38)39)37-17-16-36(19-21(37)3)30(40)41-31(4,5)6/h8-9,12-13,18,20-21H,7,10-11,14-17,19H2,1-6H3/t21-/m0/s1. The molecule has 9 nitrogen and oxygen atoms in total. The Hall–Kier alpha value is -3.33. The number of para-hydroxylation sites is 1. The van der Waals surface area contributed by atoms with Crippen molar-refractivity contribution in [3.05, 3.63) is 51.4 Å². The molecule has 2 saturated heterocycles. The van der Waals surface area contributed by atoms with Gasteiger partial charge in [-0.1, -0.05) is 43.6 Å². The van der Waals surface area contributed by atoms with E-state index in [4.69, 9.17) is 21.3 Å². The molecule has 2 fully saturated rings. The second-order valence-corrected chi connectivity index (χ2v) is 12.9. The zero-order valence-corrected chi connectivity index (χ0v) is 25.7. The summed E-state index contributed by atoms with van der Waals surface area (Å²) in [6.07, 6.45) is 3.02. The number of amides is 1. The van der Waals surface area contributed by atoms with Gasteiger partial charge in [0.25, 0.3) is 0 Å². The molecule has 0 aliphatic carbocycles. The molecule has 10 heteroatoms. The van der Waals surface area contributed by atoms with Crippen molar-refractivity contribution in [1.29, 1.82) is 0 Å². The lowest BCUT2D eigenvalue weighted by atomic mass is 10.0. The third-order valence-electron chi connectivity index (χ3n) is 7.79. The van der Waals surface area contributed by atoms with Crippen molar-refractivity contribution >= 4 is 40.4 Å². The average molecular weight is 581 g/mol. The number of aromatic nitrogens is 3. The van der Waals surface area contributed by atoms with Gasteiger partial charge < -0.3 is 19.4 Å². The molecule has 0 unspecified atom stereocenters. The highest BCUT2D eigenvalue weighted by atomic mass is 35.5. The molecule has 3 aromatic rings. The van der Waals surface area contributed by atoms with Gasteiger partial charge in [-0.2, -0.15) is 4.98 Å². The van der Waals surface area contributed by atoms with Crippen LogP contribution in [0.2, 0.25) is 5.02 Å². The number of rotatable bonds is 4. The van der Waals surface area contributed by atoms with Crippen LogP contribution in [0.15, 0.2) is 35.1 Å². The van der Waals surface area contributed by atoms with E-state index in [1.807, 2.05) is 58.0 Å². The van der Waals surface area contributed by atoms with Gasteiger partial charge in [-0.3, -0.25) is 0 Å². The molecule has 2 aromatic heterocycles. The van der Waals surface area contributed by atoms with Crippen molar-refractivity contribution in [1.82, 2.24) is 19.4 Å². The number of nitrogens with zero attached hydrogens (tertiary/aromatic N) is 6. The van der Waals surface area contributed by atoms with Crippen LogP contribution in [0, 0.1) is 0 Å². The number of halogens is 1. The lowest BCUT2D eigenvalue weighted by molar-refractivity contribution is 0.0218. The van der Waals surface area contributed by atoms with E-state index in [0.29, 0.717) is 47.3 Å². The molecule has 4 heterocycles. The van der Waals surface area contributed by atoms with Gasteiger partial charge in [-0.25, -0.2) is 19.1 Å². The lowest BCUT2D eigenvalue weighted by Crippen LogP contribution is -2.55. The normalized spacial score (nSPS) is 18.3. The number of carbonyl (C=O) groups excluding carboxylic acids is 1. The summed E-state index contributed by atoms with van der Waals surface area (Å²) in [6, 6.07) is 9.74. The van der Waals surface area contributed by atoms with Gasteiger partial charge >= 0.3 is 11.8 Å². The van der Waals surface area contributed by atoms with Gasteiger partial charge in [-0.05, 0) is 70.6 Å². The van der Waals surface area contributed by atoms with Crippen LogP contribution < -0.4 is 15.5 Å². The van der Waals surface area contributed by atoms with Crippen LogP contribution in [0.3, 0.4) is 0 Å². The fraction of sp³-hybridized carbons (Fsp3) is 0.548. The monoisotopic (exact) mass is 580 g/mol. The van der Waals surface area contributed by atoms with E-state index in [1.165, 1.54) is 6.42 Å². The lowest BCUT2D eigenvalue weighted by Gasteiger charge is -2.41. The van der Waals surface area contributed by atoms with Crippen molar-refractivity contribution in [2.45, 2.75) is 78.4 Å². The van der Waals surface area contributed by atoms with Crippen molar-refractivity contribution in [2.75, 3.05) is 42.5 Å². The molecular formula is C31H41ClN6O3. The molecule has 1 atom stereocenters. The van der Waals surface area contributed by atoms with E-state index in [1.54, 1.807) is 9.47 Å². The van der Waals surface area contributed by atoms with Crippen LogP contribution in [-0.4, -0.2) is 69.9 Å². The second kappa shape index (κ2) is 11.5. The Labute approximate surface area is 247 Å². The SMILES string of the molecule is CC(C)c1ccccc1-n1c(=O)nc(N2CCN(C(=O)OC(C)(C)C)C[C@@H]2C)c2cc(Cl)c(N3CCCCC3)nc21. The minimum absolute atomic E-state index is 0.106. The Morgan fingerprint density at radius 3 is 2.39 bits per heavy atom. The highest BCUT2D eigenvalue weighted by Gasteiger charge is 2.33. The number of hydrogen-bond acceptors (Lipinski definition) is 7. The first-order valence-corrected chi connectivity index (χ1v) is 15.0. The number of piperidine rings is 1. The van der Waals surface area contributed by atoms with Gasteiger partial charge in [-0.15, -0.1) is 0 Å². The van der Waals surface area contributed by atoms with E-state index in [0.717, 1.165) is 37.2 Å². The Morgan fingerprint density at radius 1 is 1.02 bits per heavy atom. The maximum absolute atomic E-state index is 13.9. The third-order valence-corrected chi connectivity index (χ3v) is 8.07. The van der Waals surface area contributed by atoms with E-state index < -0.39 is 5.60 Å². The number of hydrogen-bond donors (Lipinski definition) is 0. The molecular weight excluding hydrogens is 540 g/mol. The highest BCUT2D eigenvalue weighted by Crippen LogP contribution is 2.35. The van der Waals surface area contributed by atoms with E-state index >= 15 is 0 Å². The predicted octanol–water partition coefficient (Wildman–Crippen LogP) is 5.99. The summed E-state index contributed by atoms with van der Waals surface area (Å²) in [7, 11) is 0. The Balaban J connectivity index is 1.64. The first kappa shape index (κ1) is 29.2. The number of carbonyl (C=O) groups is 1. The molecule has 2 aliphatic heterocycles. The fourth-order valence-electron chi connectivity index (χ4n) is 5.80. The van der Waals surface area contributed by atoms with Gasteiger partial charge in [0.2, 0.25) is 0 Å². The average Bonchev–Trinajstić information content (AvgIpc) is 2.92. The number of pyridine rings is 1. The molecule has 1 amide bonds. The third kappa shape index (κ3) is 6.01. The molecule has 5 rings (SSSR count). The zero-order chi connectivity index (χ0) is 29.5. The van der Waals surface area contributed by atoms with Crippen LogP contribution >= 0.6 is 11.6 Å². The summed E-state index contributed by atoms with van der Waals surface area (Å²) < 4.78 is 7.24. The first-order chi connectivity index (χ1) is 19.4. The number of piperazine rings is 1. The van der Waals surface area contributed by atoms with Crippen molar-refractivity contribution < 1.29 is 9.53 Å². The van der Waals surface area contributed by atoms with Crippen LogP contribution in [0.1, 0.15) is 72.3 Å². The molecule has 0 N–H and O–H groups in total. The molecule has 0 radical (unpaired) electrons. The van der Waals surface area contributed by atoms with E-state index in [-0.39, 0.29) is 23.7 Å². The van der Waals surface area contributed by atoms with Crippen LogP contribution in [0.4, 0.5) is 16.4 Å². The van der Waals surface area contributed by atoms with Gasteiger partial charge in [0.05, 0.1) is 16.1 Å². The molecule has 220 valence electrons. The smallest absolute Gasteiger partial charge is 0.410 e. The Morgan fingerprint density at radius 2 is 1.73 bits per heavy atom. The maximum atomic E-state index is 13.9. The summed E-state index contributed by atoms with van der Waals surface area (Å²) in [4.78, 5) is 42.5. The molecule has 41 heavy (non-hydrogen) atoms. The summed E-state index contributed by atoms with van der Waals surface area (Å²) in [5, 5.41) is 1.26. The maximum Gasteiger partial charge on any atom is 0.410 e. The summed E-state index contributed by atoms with van der Waals surface area (Å²) in [5.41, 5.74) is 1.40. The second-order valence-electron chi connectivity index (χ2n) is 12.4. The summed E-state index contributed by atoms with van der Waals surface area (Å²) in [6.45, 7) is 15.0. The van der Waals surface area contributed by atoms with E-state index in [2.05, 4.69) is 28.6 Å². The van der Waals surface area contributed by atoms with Crippen molar-refractivity contribution in [3.8, 4) is 5.69 Å². The van der Waals surface area contributed by atoms with Gasteiger partial charge in [0, 0.05) is 38.8 Å². The van der Waals surface area contributed by atoms with Gasteiger partial charge in [0.1, 0.15) is 17.2 Å². The van der Waals surface area contributed by atoms with Gasteiger partial charge in [0.15, 0.2) is 5.65 Å². The Bertz CT molecular complexity index is 1490. The largest absolute Gasteiger partial charge is 0.444 e. The predicted molar refractivity (Wildman–Crippen MR) is 165 cm³/mol. The van der Waals surface area contributed by atoms with Crippen molar-refractivity contribution in [2.24, 2.45) is 0 Å². The Kier molecular flexibility index (Phi) is 8.19. The van der Waals surface area contributed by atoms with Crippen LogP contribution in [0.5, 0.6) is 0 Å². The minimum atomic E-state index is -0.569. The number of ether oxygens (including phenoxy) is 1. The zero-order valence-electron chi connectivity index (χ0n) is 25.0. The summed E-state index contributed by atoms with van der Waals surface area (Å²) >= 11 is 6.92. The number of anilines is 2. The number of fused-ring (bicyclic) bond motifs is 1. The minimum Gasteiger partial charge on any atom is -0.444 e. The fourth-order valence-corrected chi connectivity index (χ4v) is 6.07. The number of benzene rings is 1. The van der Waals surface area contributed by atoms with Crippen LogP contribution in [-0.2, 0) is 4.74 Å².